The molecule has 2 aromatic heterocycles. The molecule has 0 saturated heterocycles. The van der Waals surface area contributed by atoms with Crippen LogP contribution in [0.3, 0.4) is 0 Å². The zero-order valence-electron chi connectivity index (χ0n) is 15.4. The van der Waals surface area contributed by atoms with Crippen molar-refractivity contribution < 1.29 is 4.74 Å². The van der Waals surface area contributed by atoms with E-state index in [2.05, 4.69) is 6.58 Å². The predicted octanol–water partition coefficient (Wildman–Crippen LogP) is 5.35. The lowest BCUT2D eigenvalue weighted by molar-refractivity contribution is 0.344. The van der Waals surface area contributed by atoms with Gasteiger partial charge >= 0.3 is 0 Å². The normalized spacial score (nSPS) is 13.5. The van der Waals surface area contributed by atoms with Gasteiger partial charge in [0.1, 0.15) is 10.6 Å². The molecule has 28 heavy (non-hydrogen) atoms. The molecule has 1 aromatic carbocycles. The van der Waals surface area contributed by atoms with Gasteiger partial charge in [0.05, 0.1) is 17.0 Å². The van der Waals surface area contributed by atoms with Crippen LogP contribution in [0.2, 0.25) is 5.02 Å². The second kappa shape index (κ2) is 8.72. The van der Waals surface area contributed by atoms with Gasteiger partial charge in [-0.05, 0) is 43.4 Å². The van der Waals surface area contributed by atoms with Crippen LogP contribution in [0.15, 0.2) is 46.9 Å². The van der Waals surface area contributed by atoms with E-state index in [0.717, 1.165) is 34.6 Å². The minimum atomic E-state index is 0.0545. The molecular weight excluding hydrogens is 412 g/mol. The minimum absolute atomic E-state index is 0.0545. The summed E-state index contributed by atoms with van der Waals surface area (Å²) in [7, 11) is 0. The monoisotopic (exact) mass is 432 g/mol. The lowest BCUT2D eigenvalue weighted by atomic mass is 9.97. The molecule has 4 rings (SSSR count). The summed E-state index contributed by atoms with van der Waals surface area (Å²) in [6, 6.07) is 7.42. The molecule has 0 aliphatic heterocycles. The van der Waals surface area contributed by atoms with Crippen molar-refractivity contribution in [3.63, 3.8) is 0 Å². The number of hydrogen-bond donors (Lipinski definition) is 0. The van der Waals surface area contributed by atoms with E-state index in [1.165, 1.54) is 28.6 Å². The van der Waals surface area contributed by atoms with Gasteiger partial charge in [0.2, 0.25) is 0 Å². The number of fused-ring (bicyclic) bond motifs is 3. The molecule has 1 aliphatic rings. The average molecular weight is 433 g/mol. The SMILES string of the molecule is C=CCn1c(SCCOc2ccccc2Cl)nc2sc3c(c2c1=O)CCCC3. The minimum Gasteiger partial charge on any atom is -0.491 e. The summed E-state index contributed by atoms with van der Waals surface area (Å²) >= 11 is 9.33. The van der Waals surface area contributed by atoms with E-state index in [9.17, 15) is 4.79 Å². The first kappa shape index (κ1) is 19.6. The third-order valence-corrected chi connectivity index (χ3v) is 7.20. The maximum Gasteiger partial charge on any atom is 0.263 e. The van der Waals surface area contributed by atoms with Crippen molar-refractivity contribution in [3.8, 4) is 5.75 Å². The highest BCUT2D eigenvalue weighted by atomic mass is 35.5. The molecular formula is C21H21ClN2O2S2. The zero-order chi connectivity index (χ0) is 19.5. The molecule has 0 amide bonds. The molecule has 1 aliphatic carbocycles. The number of hydrogen-bond acceptors (Lipinski definition) is 5. The lowest BCUT2D eigenvalue weighted by Crippen LogP contribution is -2.23. The van der Waals surface area contributed by atoms with Gasteiger partial charge in [-0.1, -0.05) is 41.6 Å². The smallest absolute Gasteiger partial charge is 0.263 e. The summed E-state index contributed by atoms with van der Waals surface area (Å²) in [6.45, 7) is 4.75. The molecule has 3 aromatic rings. The van der Waals surface area contributed by atoms with Crippen molar-refractivity contribution in [2.75, 3.05) is 12.4 Å². The first-order chi connectivity index (χ1) is 13.7. The maximum absolute atomic E-state index is 13.2. The summed E-state index contributed by atoms with van der Waals surface area (Å²) in [5.41, 5.74) is 1.28. The predicted molar refractivity (Wildman–Crippen MR) is 118 cm³/mol. The molecule has 0 atom stereocenters. The van der Waals surface area contributed by atoms with E-state index in [-0.39, 0.29) is 5.56 Å². The van der Waals surface area contributed by atoms with Crippen LogP contribution in [0, 0.1) is 0 Å². The number of nitrogens with zero attached hydrogens (tertiary/aromatic N) is 2. The summed E-state index contributed by atoms with van der Waals surface area (Å²) < 4.78 is 7.49. The first-order valence-corrected chi connectivity index (χ1v) is 11.5. The number of thioether (sulfide) groups is 1. The molecule has 0 saturated carbocycles. The topological polar surface area (TPSA) is 44.1 Å². The Bertz CT molecular complexity index is 1070. The van der Waals surface area contributed by atoms with E-state index >= 15 is 0 Å². The Morgan fingerprint density at radius 3 is 2.96 bits per heavy atom. The number of thiophene rings is 1. The van der Waals surface area contributed by atoms with Crippen LogP contribution in [0.1, 0.15) is 23.3 Å². The van der Waals surface area contributed by atoms with Crippen molar-refractivity contribution in [2.45, 2.75) is 37.4 Å². The second-order valence-electron chi connectivity index (χ2n) is 6.62. The molecule has 2 heterocycles. The molecule has 0 unspecified atom stereocenters. The van der Waals surface area contributed by atoms with Crippen molar-refractivity contribution in [3.05, 3.63) is 62.7 Å². The van der Waals surface area contributed by atoms with Crippen LogP contribution >= 0.6 is 34.7 Å². The molecule has 0 spiro atoms. The number of para-hydroxylation sites is 1. The highest BCUT2D eigenvalue weighted by Crippen LogP contribution is 2.34. The molecule has 146 valence electrons. The Kier molecular flexibility index (Phi) is 6.09. The van der Waals surface area contributed by atoms with Gasteiger partial charge in [0.25, 0.3) is 5.56 Å². The average Bonchev–Trinajstić information content (AvgIpc) is 3.07. The number of ether oxygens (including phenoxy) is 1. The van der Waals surface area contributed by atoms with Gasteiger partial charge in [-0.2, -0.15) is 0 Å². The fourth-order valence-electron chi connectivity index (χ4n) is 3.47. The van der Waals surface area contributed by atoms with Crippen LogP contribution in [-0.2, 0) is 19.4 Å². The number of aryl methyl sites for hydroxylation is 2. The quantitative estimate of drug-likeness (QED) is 0.218. The molecule has 7 heteroatoms. The van der Waals surface area contributed by atoms with Crippen LogP contribution in [0.25, 0.3) is 10.2 Å². The van der Waals surface area contributed by atoms with E-state index in [1.54, 1.807) is 28.0 Å². The van der Waals surface area contributed by atoms with Gasteiger partial charge in [-0.25, -0.2) is 4.98 Å². The largest absolute Gasteiger partial charge is 0.491 e. The summed E-state index contributed by atoms with van der Waals surface area (Å²) in [4.78, 5) is 20.2. The Labute approximate surface area is 177 Å². The van der Waals surface area contributed by atoms with Crippen LogP contribution in [-0.4, -0.2) is 21.9 Å². The van der Waals surface area contributed by atoms with Gasteiger partial charge < -0.3 is 4.74 Å². The van der Waals surface area contributed by atoms with Gasteiger partial charge in [-0.3, -0.25) is 9.36 Å². The fourth-order valence-corrected chi connectivity index (χ4v) is 5.78. The van der Waals surface area contributed by atoms with Gasteiger partial charge in [0.15, 0.2) is 5.16 Å². The number of benzene rings is 1. The standard InChI is InChI=1S/C21H21ClN2O2S2/c1-2-11-24-20(25)18-14-7-3-6-10-17(14)28-19(18)23-21(24)27-13-12-26-16-9-5-4-8-15(16)22/h2,4-5,8-9H,1,3,6-7,10-13H2. The number of aromatic nitrogens is 2. The molecule has 4 nitrogen and oxygen atoms in total. The number of allylic oxidation sites excluding steroid dienone is 1. The number of rotatable bonds is 7. The Hall–Kier alpha value is -1.76. The van der Waals surface area contributed by atoms with Gasteiger partial charge in [-0.15, -0.1) is 17.9 Å². The van der Waals surface area contributed by atoms with Crippen LogP contribution in [0.5, 0.6) is 5.75 Å². The molecule has 0 bridgehead atoms. The molecule has 0 fully saturated rings. The summed E-state index contributed by atoms with van der Waals surface area (Å²) in [6.07, 6.45) is 6.14. The summed E-state index contributed by atoms with van der Waals surface area (Å²) in [5.74, 6) is 1.34. The Balaban J connectivity index is 1.57. The highest BCUT2D eigenvalue weighted by Gasteiger charge is 2.21. The highest BCUT2D eigenvalue weighted by molar-refractivity contribution is 7.99. The van der Waals surface area contributed by atoms with Crippen molar-refractivity contribution in [2.24, 2.45) is 0 Å². The second-order valence-corrected chi connectivity index (χ2v) is 9.17. The fraction of sp³-hybridized carbons (Fsp3) is 0.333. The molecule has 0 radical (unpaired) electrons. The van der Waals surface area contributed by atoms with Crippen molar-refractivity contribution in [1.82, 2.24) is 9.55 Å². The number of halogens is 1. The van der Waals surface area contributed by atoms with Crippen LogP contribution < -0.4 is 10.3 Å². The Morgan fingerprint density at radius 1 is 1.32 bits per heavy atom. The first-order valence-electron chi connectivity index (χ1n) is 9.35. The van der Waals surface area contributed by atoms with E-state index < -0.39 is 0 Å². The third kappa shape index (κ3) is 3.86. The van der Waals surface area contributed by atoms with Gasteiger partial charge in [0, 0.05) is 17.2 Å². The van der Waals surface area contributed by atoms with Crippen LogP contribution in [0.4, 0.5) is 0 Å². The zero-order valence-corrected chi connectivity index (χ0v) is 17.8. The van der Waals surface area contributed by atoms with Crippen molar-refractivity contribution >= 4 is 44.9 Å². The van der Waals surface area contributed by atoms with E-state index in [4.69, 9.17) is 21.3 Å². The lowest BCUT2D eigenvalue weighted by Gasteiger charge is -2.12. The van der Waals surface area contributed by atoms with E-state index in [1.807, 2.05) is 18.2 Å². The maximum atomic E-state index is 13.2. The van der Waals surface area contributed by atoms with E-state index in [0.29, 0.717) is 29.7 Å². The third-order valence-electron chi connectivity index (χ3n) is 4.76. The summed E-state index contributed by atoms with van der Waals surface area (Å²) in [5, 5.41) is 2.14. The Morgan fingerprint density at radius 2 is 2.14 bits per heavy atom. The molecule has 0 N–H and O–H groups in total. The van der Waals surface area contributed by atoms with Crippen molar-refractivity contribution in [1.29, 1.82) is 0 Å².